The number of carbonyl (C=O) groups is 1. The molecule has 0 saturated carbocycles. The highest BCUT2D eigenvalue weighted by Gasteiger charge is 2.10. The molecule has 0 atom stereocenters. The van der Waals surface area contributed by atoms with Crippen LogP contribution in [0.1, 0.15) is 19.8 Å². The summed E-state index contributed by atoms with van der Waals surface area (Å²) < 4.78 is 4.75. The van der Waals surface area contributed by atoms with Crippen molar-refractivity contribution in [1.82, 2.24) is 0 Å². The first-order valence-electron chi connectivity index (χ1n) is 4.92. The molecule has 0 aliphatic heterocycles. The van der Waals surface area contributed by atoms with Crippen LogP contribution in [0, 0.1) is 0 Å². The lowest BCUT2D eigenvalue weighted by Gasteiger charge is -2.11. The fourth-order valence-electron chi connectivity index (χ4n) is 0.857. The van der Waals surface area contributed by atoms with Crippen molar-refractivity contribution in [2.24, 2.45) is 0 Å². The van der Waals surface area contributed by atoms with E-state index in [0.29, 0.717) is 0 Å². The summed E-state index contributed by atoms with van der Waals surface area (Å²) in [5.41, 5.74) is 0. The molecule has 0 unspecified atom stereocenters. The first-order valence-corrected chi connectivity index (χ1v) is 4.92. The summed E-state index contributed by atoms with van der Waals surface area (Å²) >= 11 is 0. The number of aliphatic hydroxyl groups is 2. The van der Waals surface area contributed by atoms with E-state index in [2.05, 4.69) is 0 Å². The Morgan fingerprint density at radius 1 is 1.27 bits per heavy atom. The van der Waals surface area contributed by atoms with Crippen LogP contribution in [-0.2, 0) is 9.53 Å². The number of esters is 1. The second kappa shape index (κ2) is 9.43. The largest absolute Gasteiger partial charge is 0.457 e. The van der Waals surface area contributed by atoms with Gasteiger partial charge in [0.2, 0.25) is 0 Å². The third-order valence-corrected chi connectivity index (χ3v) is 1.66. The van der Waals surface area contributed by atoms with Crippen molar-refractivity contribution >= 4 is 5.97 Å². The van der Waals surface area contributed by atoms with Crippen molar-refractivity contribution < 1.29 is 19.7 Å². The van der Waals surface area contributed by atoms with Crippen LogP contribution in [0.4, 0.5) is 0 Å². The molecule has 2 N–H and O–H groups in total. The van der Waals surface area contributed by atoms with Crippen LogP contribution in [0.25, 0.3) is 0 Å². The minimum atomic E-state index is -0.804. The Bertz CT molecular complexity index is 217. The molecule has 0 radical (unpaired) electrons. The highest BCUT2D eigenvalue weighted by Crippen LogP contribution is 1.96. The van der Waals surface area contributed by atoms with Crippen LogP contribution in [-0.4, -0.2) is 35.5 Å². The smallest absolute Gasteiger partial charge is 0.310 e. The highest BCUT2D eigenvalue weighted by molar-refractivity contribution is 5.71. The summed E-state index contributed by atoms with van der Waals surface area (Å²) in [6.45, 7) is 1.21. The topological polar surface area (TPSA) is 66.8 Å². The van der Waals surface area contributed by atoms with Crippen LogP contribution in [0.15, 0.2) is 24.3 Å². The van der Waals surface area contributed by atoms with E-state index in [-0.39, 0.29) is 19.6 Å². The van der Waals surface area contributed by atoms with Crippen molar-refractivity contribution in [2.45, 2.75) is 25.9 Å². The van der Waals surface area contributed by atoms with Gasteiger partial charge in [-0.05, 0) is 13.3 Å². The molecule has 0 bridgehead atoms. The van der Waals surface area contributed by atoms with Gasteiger partial charge in [-0.25, -0.2) is 0 Å². The highest BCUT2D eigenvalue weighted by atomic mass is 16.6. The number of hydrogen-bond donors (Lipinski definition) is 2. The molecule has 0 aromatic carbocycles. The van der Waals surface area contributed by atoms with E-state index >= 15 is 0 Å². The number of hydrogen-bond acceptors (Lipinski definition) is 4. The molecule has 0 fully saturated rings. The summed E-state index contributed by atoms with van der Waals surface area (Å²) in [6, 6.07) is 0. The number of carbonyl (C=O) groups excluding carboxylic acids is 1. The Balaban J connectivity index is 3.69. The lowest BCUT2D eigenvalue weighted by molar-refractivity contribution is -0.152. The number of ether oxygens (including phenoxy) is 1. The SMILES string of the molecule is C/C=C\C/C=C\CC(=O)OC(CO)CO. The summed E-state index contributed by atoms with van der Waals surface area (Å²) in [5, 5.41) is 17.3. The second-order valence-electron chi connectivity index (χ2n) is 2.96. The van der Waals surface area contributed by atoms with E-state index in [0.717, 1.165) is 6.42 Å². The number of aliphatic hydroxyl groups excluding tert-OH is 2. The van der Waals surface area contributed by atoms with Crippen molar-refractivity contribution in [3.8, 4) is 0 Å². The lowest BCUT2D eigenvalue weighted by Crippen LogP contribution is -2.25. The Morgan fingerprint density at radius 2 is 1.93 bits per heavy atom. The summed E-state index contributed by atoms with van der Waals surface area (Å²) in [4.78, 5) is 11.1. The van der Waals surface area contributed by atoms with Gasteiger partial charge in [0.15, 0.2) is 0 Å². The Kier molecular flexibility index (Phi) is 8.72. The number of rotatable bonds is 7. The fraction of sp³-hybridized carbons (Fsp3) is 0.545. The van der Waals surface area contributed by atoms with E-state index in [9.17, 15) is 4.79 Å². The third-order valence-electron chi connectivity index (χ3n) is 1.66. The predicted molar refractivity (Wildman–Crippen MR) is 57.2 cm³/mol. The van der Waals surface area contributed by atoms with E-state index < -0.39 is 12.1 Å². The molecular weight excluding hydrogens is 196 g/mol. The van der Waals surface area contributed by atoms with Crippen molar-refractivity contribution in [3.05, 3.63) is 24.3 Å². The molecule has 4 nitrogen and oxygen atoms in total. The molecule has 0 aliphatic rings. The summed E-state index contributed by atoms with van der Waals surface area (Å²) in [6.07, 6.45) is 7.59. The third kappa shape index (κ3) is 7.90. The van der Waals surface area contributed by atoms with Gasteiger partial charge in [-0.1, -0.05) is 24.3 Å². The lowest BCUT2D eigenvalue weighted by atomic mass is 10.3. The van der Waals surface area contributed by atoms with Gasteiger partial charge in [0.05, 0.1) is 19.6 Å². The molecule has 0 aliphatic carbocycles. The molecule has 15 heavy (non-hydrogen) atoms. The van der Waals surface area contributed by atoms with Crippen LogP contribution in [0.5, 0.6) is 0 Å². The first kappa shape index (κ1) is 13.9. The molecular formula is C11H18O4. The molecule has 0 aromatic heterocycles. The summed E-state index contributed by atoms with van der Waals surface area (Å²) in [5.74, 6) is -0.445. The fourth-order valence-corrected chi connectivity index (χ4v) is 0.857. The molecule has 0 rings (SSSR count). The Morgan fingerprint density at radius 3 is 2.47 bits per heavy atom. The van der Waals surface area contributed by atoms with Crippen molar-refractivity contribution in [2.75, 3.05) is 13.2 Å². The standard InChI is InChI=1S/C11H18O4/c1-2-3-4-5-6-7-11(14)15-10(8-12)9-13/h2-3,5-6,10,12-13H,4,7-9H2,1H3/b3-2-,6-5-. The average molecular weight is 214 g/mol. The molecule has 0 spiro atoms. The monoisotopic (exact) mass is 214 g/mol. The van der Waals surface area contributed by atoms with Gasteiger partial charge in [0.1, 0.15) is 6.10 Å². The maximum atomic E-state index is 11.1. The van der Waals surface area contributed by atoms with Gasteiger partial charge in [-0.15, -0.1) is 0 Å². The molecule has 0 heterocycles. The zero-order valence-electron chi connectivity index (χ0n) is 8.93. The van der Waals surface area contributed by atoms with Crippen LogP contribution in [0.3, 0.4) is 0 Å². The quantitative estimate of drug-likeness (QED) is 0.486. The zero-order chi connectivity index (χ0) is 11.5. The molecule has 0 saturated heterocycles. The first-order chi connectivity index (χ1) is 7.24. The maximum Gasteiger partial charge on any atom is 0.310 e. The minimum absolute atomic E-state index is 0.161. The maximum absolute atomic E-state index is 11.1. The average Bonchev–Trinajstić information content (AvgIpc) is 2.25. The predicted octanol–water partition coefficient (Wildman–Crippen LogP) is 0.795. The van der Waals surface area contributed by atoms with Crippen molar-refractivity contribution in [3.63, 3.8) is 0 Å². The van der Waals surface area contributed by atoms with Crippen LogP contribution in [0.2, 0.25) is 0 Å². The van der Waals surface area contributed by atoms with Crippen molar-refractivity contribution in [1.29, 1.82) is 0 Å². The summed E-state index contributed by atoms with van der Waals surface area (Å²) in [7, 11) is 0. The molecule has 0 aromatic rings. The Labute approximate surface area is 89.9 Å². The van der Waals surface area contributed by atoms with E-state index in [4.69, 9.17) is 14.9 Å². The van der Waals surface area contributed by atoms with Gasteiger partial charge < -0.3 is 14.9 Å². The Hall–Kier alpha value is -1.13. The van der Waals surface area contributed by atoms with Crippen LogP contribution < -0.4 is 0 Å². The molecule has 86 valence electrons. The number of allylic oxidation sites excluding steroid dienone is 3. The van der Waals surface area contributed by atoms with Gasteiger partial charge >= 0.3 is 5.97 Å². The molecule has 0 amide bonds. The van der Waals surface area contributed by atoms with E-state index in [1.165, 1.54) is 0 Å². The minimum Gasteiger partial charge on any atom is -0.457 e. The van der Waals surface area contributed by atoms with Gasteiger partial charge in [-0.2, -0.15) is 0 Å². The van der Waals surface area contributed by atoms with E-state index in [1.807, 2.05) is 25.2 Å². The van der Waals surface area contributed by atoms with Gasteiger partial charge in [-0.3, -0.25) is 4.79 Å². The van der Waals surface area contributed by atoms with Gasteiger partial charge in [0.25, 0.3) is 0 Å². The second-order valence-corrected chi connectivity index (χ2v) is 2.96. The zero-order valence-corrected chi connectivity index (χ0v) is 8.93. The normalized spacial score (nSPS) is 11.7. The van der Waals surface area contributed by atoms with Gasteiger partial charge in [0, 0.05) is 0 Å². The molecule has 4 heteroatoms. The van der Waals surface area contributed by atoms with E-state index in [1.54, 1.807) is 6.08 Å². The van der Waals surface area contributed by atoms with Crippen LogP contribution >= 0.6 is 0 Å².